The van der Waals surface area contributed by atoms with Gasteiger partial charge in [-0.15, -0.1) is 0 Å². The van der Waals surface area contributed by atoms with E-state index in [-0.39, 0.29) is 0 Å². The number of allylic oxidation sites excluding steroid dienone is 4. The van der Waals surface area contributed by atoms with Gasteiger partial charge in [0.05, 0.1) is 6.61 Å². The largest absolute Gasteiger partial charge is 0.381 e. The summed E-state index contributed by atoms with van der Waals surface area (Å²) in [6.07, 6.45) is 26.4. The van der Waals surface area contributed by atoms with Gasteiger partial charge in [-0.05, 0) is 57.4 Å². The highest BCUT2D eigenvalue weighted by Gasteiger charge is 2.13. The molecule has 0 aromatic rings. The number of hydrogen-bond donors (Lipinski definition) is 1. The van der Waals surface area contributed by atoms with Crippen molar-refractivity contribution in [2.75, 3.05) is 26.3 Å². The average Bonchev–Trinajstić information content (AvgIpc) is 3.14. The molecule has 2 nitrogen and oxygen atoms in total. The molecule has 0 spiro atoms. The zero-order valence-electron chi connectivity index (χ0n) is 16.8. The first-order chi connectivity index (χ1) is 12.4. The third-order valence-corrected chi connectivity index (χ3v) is 5.01. The number of ether oxygens (including phenoxy) is 1. The summed E-state index contributed by atoms with van der Waals surface area (Å²) in [6.45, 7) is 6.53. The summed E-state index contributed by atoms with van der Waals surface area (Å²) in [5, 5.41) is 3.39. The normalized spacial score (nSPS) is 18.0. The van der Waals surface area contributed by atoms with Gasteiger partial charge in [0.1, 0.15) is 0 Å². The van der Waals surface area contributed by atoms with Gasteiger partial charge >= 0.3 is 0 Å². The molecule has 0 saturated carbocycles. The lowest BCUT2D eigenvalue weighted by Gasteiger charge is -2.09. The summed E-state index contributed by atoms with van der Waals surface area (Å²) >= 11 is 0. The van der Waals surface area contributed by atoms with Gasteiger partial charge in [-0.1, -0.05) is 69.8 Å². The Morgan fingerprint density at radius 1 is 0.840 bits per heavy atom. The molecule has 0 bridgehead atoms. The lowest BCUT2D eigenvalue weighted by molar-refractivity contribution is 0.101. The van der Waals surface area contributed by atoms with Crippen LogP contribution in [0.25, 0.3) is 0 Å². The molecule has 25 heavy (non-hydrogen) atoms. The van der Waals surface area contributed by atoms with Gasteiger partial charge in [-0.3, -0.25) is 0 Å². The van der Waals surface area contributed by atoms with Gasteiger partial charge in [0.15, 0.2) is 0 Å². The summed E-state index contributed by atoms with van der Waals surface area (Å²) in [6, 6.07) is 0. The van der Waals surface area contributed by atoms with E-state index in [1.807, 2.05) is 0 Å². The van der Waals surface area contributed by atoms with Crippen LogP contribution in [0.4, 0.5) is 0 Å². The zero-order chi connectivity index (χ0) is 17.8. The van der Waals surface area contributed by atoms with Crippen LogP contribution in [0.1, 0.15) is 90.4 Å². The van der Waals surface area contributed by atoms with E-state index in [1.54, 1.807) is 0 Å². The van der Waals surface area contributed by atoms with Gasteiger partial charge in [-0.2, -0.15) is 0 Å². The van der Waals surface area contributed by atoms with E-state index in [2.05, 4.69) is 36.5 Å². The molecule has 0 aliphatic carbocycles. The standard InChI is InChI=1S/C23H43NO/c1-2-3-4-5-6-7-8-9-10-11-12-13-14-15-16-17-20-25-22-23-18-19-24-21-23/h6-7,9-10,23-24H,2-5,8,11-22H2,1H3/b7-6-,10-9-/t23-/m0/s1. The van der Waals surface area contributed by atoms with Gasteiger partial charge in [0.2, 0.25) is 0 Å². The summed E-state index contributed by atoms with van der Waals surface area (Å²) in [5.41, 5.74) is 0. The van der Waals surface area contributed by atoms with E-state index in [9.17, 15) is 0 Å². The van der Waals surface area contributed by atoms with Crippen LogP contribution < -0.4 is 5.32 Å². The predicted molar refractivity (Wildman–Crippen MR) is 111 cm³/mol. The van der Waals surface area contributed by atoms with Gasteiger partial charge in [0, 0.05) is 13.2 Å². The van der Waals surface area contributed by atoms with Crippen molar-refractivity contribution in [3.8, 4) is 0 Å². The molecule has 1 rings (SSSR count). The average molecular weight is 350 g/mol. The van der Waals surface area contributed by atoms with E-state index in [0.29, 0.717) is 0 Å². The Morgan fingerprint density at radius 2 is 1.52 bits per heavy atom. The highest BCUT2D eigenvalue weighted by Crippen LogP contribution is 2.10. The minimum atomic E-state index is 0.768. The summed E-state index contributed by atoms with van der Waals surface area (Å²) in [4.78, 5) is 0. The fourth-order valence-corrected chi connectivity index (χ4v) is 3.30. The Hall–Kier alpha value is -0.600. The Bertz CT molecular complexity index is 318. The number of rotatable bonds is 17. The first-order valence-electron chi connectivity index (χ1n) is 11.0. The van der Waals surface area contributed by atoms with Crippen molar-refractivity contribution in [1.82, 2.24) is 5.32 Å². The zero-order valence-corrected chi connectivity index (χ0v) is 16.8. The van der Waals surface area contributed by atoms with Crippen LogP contribution in [0.5, 0.6) is 0 Å². The van der Waals surface area contributed by atoms with Crippen LogP contribution >= 0.6 is 0 Å². The Labute approximate surface area is 157 Å². The highest BCUT2D eigenvalue weighted by atomic mass is 16.5. The van der Waals surface area contributed by atoms with E-state index in [0.717, 1.165) is 32.1 Å². The van der Waals surface area contributed by atoms with Crippen molar-refractivity contribution in [2.24, 2.45) is 5.92 Å². The van der Waals surface area contributed by atoms with Gasteiger partial charge in [0.25, 0.3) is 0 Å². The number of unbranched alkanes of at least 4 members (excludes halogenated alkanes) is 9. The van der Waals surface area contributed by atoms with Gasteiger partial charge in [-0.25, -0.2) is 0 Å². The first-order valence-corrected chi connectivity index (χ1v) is 11.0. The van der Waals surface area contributed by atoms with Crippen LogP contribution in [0, 0.1) is 5.92 Å². The molecule has 1 aliphatic heterocycles. The molecule has 0 radical (unpaired) electrons. The third kappa shape index (κ3) is 15.4. The summed E-state index contributed by atoms with van der Waals surface area (Å²) in [5.74, 6) is 0.768. The van der Waals surface area contributed by atoms with Crippen LogP contribution in [-0.4, -0.2) is 26.3 Å². The maximum absolute atomic E-state index is 5.78. The van der Waals surface area contributed by atoms with Crippen molar-refractivity contribution in [3.05, 3.63) is 24.3 Å². The molecule has 146 valence electrons. The quantitative estimate of drug-likeness (QED) is 0.241. The molecule has 0 aromatic carbocycles. The van der Waals surface area contributed by atoms with E-state index in [1.165, 1.54) is 83.6 Å². The molecular weight excluding hydrogens is 306 g/mol. The molecule has 1 fully saturated rings. The molecule has 1 N–H and O–H groups in total. The van der Waals surface area contributed by atoms with Crippen molar-refractivity contribution in [3.63, 3.8) is 0 Å². The van der Waals surface area contributed by atoms with Crippen molar-refractivity contribution in [1.29, 1.82) is 0 Å². The van der Waals surface area contributed by atoms with Crippen LogP contribution in [0.2, 0.25) is 0 Å². The molecule has 1 atom stereocenters. The second-order valence-corrected chi connectivity index (χ2v) is 7.52. The number of hydrogen-bond acceptors (Lipinski definition) is 2. The topological polar surface area (TPSA) is 21.3 Å². The lowest BCUT2D eigenvalue weighted by Crippen LogP contribution is -2.14. The molecule has 2 heteroatoms. The maximum Gasteiger partial charge on any atom is 0.0506 e. The fraction of sp³-hybridized carbons (Fsp3) is 0.826. The smallest absolute Gasteiger partial charge is 0.0506 e. The molecule has 1 saturated heterocycles. The molecule has 0 aromatic heterocycles. The molecule has 0 amide bonds. The monoisotopic (exact) mass is 349 g/mol. The van der Waals surface area contributed by atoms with E-state index >= 15 is 0 Å². The third-order valence-electron chi connectivity index (χ3n) is 5.01. The van der Waals surface area contributed by atoms with E-state index in [4.69, 9.17) is 4.74 Å². The first kappa shape index (κ1) is 22.4. The van der Waals surface area contributed by atoms with Gasteiger partial charge < -0.3 is 10.1 Å². The summed E-state index contributed by atoms with van der Waals surface area (Å²) < 4.78 is 5.78. The summed E-state index contributed by atoms with van der Waals surface area (Å²) in [7, 11) is 0. The lowest BCUT2D eigenvalue weighted by atomic mass is 10.1. The van der Waals surface area contributed by atoms with Crippen molar-refractivity contribution < 1.29 is 4.74 Å². The predicted octanol–water partition coefficient (Wildman–Crippen LogP) is 6.43. The van der Waals surface area contributed by atoms with Crippen LogP contribution in [0.15, 0.2) is 24.3 Å². The molecule has 1 aliphatic rings. The minimum absolute atomic E-state index is 0.768. The maximum atomic E-state index is 5.78. The Morgan fingerprint density at radius 3 is 2.20 bits per heavy atom. The second kappa shape index (κ2) is 18.2. The second-order valence-electron chi connectivity index (χ2n) is 7.52. The Balaban J connectivity index is 1.71. The van der Waals surface area contributed by atoms with Crippen molar-refractivity contribution in [2.45, 2.75) is 90.4 Å². The molecule has 0 unspecified atom stereocenters. The fourth-order valence-electron chi connectivity index (χ4n) is 3.30. The molecule has 1 heterocycles. The Kier molecular flexibility index (Phi) is 16.3. The van der Waals surface area contributed by atoms with Crippen molar-refractivity contribution >= 4 is 0 Å². The minimum Gasteiger partial charge on any atom is -0.381 e. The van der Waals surface area contributed by atoms with E-state index < -0.39 is 0 Å². The van der Waals surface area contributed by atoms with Crippen LogP contribution in [0.3, 0.4) is 0 Å². The van der Waals surface area contributed by atoms with Crippen LogP contribution in [-0.2, 0) is 4.74 Å². The molecular formula is C23H43NO. The highest BCUT2D eigenvalue weighted by molar-refractivity contribution is 4.92. The number of nitrogens with one attached hydrogen (secondary N) is 1. The SMILES string of the molecule is CCCCC/C=C\C/C=C\CCCCCCCCOC[C@H]1CCNC1.